The van der Waals surface area contributed by atoms with Crippen LogP contribution in [0.5, 0.6) is 0 Å². The van der Waals surface area contributed by atoms with Crippen LogP contribution in [-0.2, 0) is 19.3 Å². The van der Waals surface area contributed by atoms with Crippen LogP contribution in [0.2, 0.25) is 0 Å². The molecule has 130 valence electrons. The molecule has 4 unspecified atom stereocenters. The lowest BCUT2D eigenvalue weighted by atomic mass is 9.85. The summed E-state index contributed by atoms with van der Waals surface area (Å²) in [7, 11) is 0. The van der Waals surface area contributed by atoms with E-state index in [1.165, 1.54) is 0 Å². The molecule has 0 spiro atoms. The molecule has 0 aromatic carbocycles. The topological polar surface area (TPSA) is 186 Å². The van der Waals surface area contributed by atoms with Crippen LogP contribution in [0.4, 0.5) is 0 Å². The Morgan fingerprint density at radius 2 is 1.68 bits per heavy atom. The van der Waals surface area contributed by atoms with Crippen molar-refractivity contribution in [2.24, 2.45) is 11.8 Å². The standard InChI is InChI=1S/C12H24N2O8/c1-2-3-4-5-6-12(20,11(19)22-14)9(17)7(15)8(16)10(18)21-13/h7-9,15-17,20H,2-6,13-14H2,1H3. The molecule has 10 nitrogen and oxygen atoms in total. The molecule has 0 aliphatic rings. The van der Waals surface area contributed by atoms with Gasteiger partial charge in [0.15, 0.2) is 11.7 Å². The minimum Gasteiger partial charge on any atom is -0.387 e. The molecular formula is C12H24N2O8. The highest BCUT2D eigenvalue weighted by atomic mass is 16.7. The number of carbonyl (C=O) groups excluding carboxylic acids is 2. The van der Waals surface area contributed by atoms with E-state index in [1.54, 1.807) is 0 Å². The highest BCUT2D eigenvalue weighted by molar-refractivity contribution is 5.80. The molecule has 0 saturated heterocycles. The lowest BCUT2D eigenvalue weighted by Gasteiger charge is -2.33. The fourth-order valence-corrected chi connectivity index (χ4v) is 1.96. The van der Waals surface area contributed by atoms with Crippen molar-refractivity contribution >= 4 is 11.9 Å². The van der Waals surface area contributed by atoms with Gasteiger partial charge in [0.25, 0.3) is 0 Å². The van der Waals surface area contributed by atoms with E-state index in [0.717, 1.165) is 12.8 Å². The fourth-order valence-electron chi connectivity index (χ4n) is 1.96. The Morgan fingerprint density at radius 1 is 1.09 bits per heavy atom. The smallest absolute Gasteiger partial charge is 0.359 e. The van der Waals surface area contributed by atoms with Gasteiger partial charge in [0, 0.05) is 0 Å². The molecule has 0 rings (SSSR count). The molecule has 0 fully saturated rings. The van der Waals surface area contributed by atoms with Crippen LogP contribution in [0.15, 0.2) is 0 Å². The molecule has 0 amide bonds. The van der Waals surface area contributed by atoms with Crippen LogP contribution in [0, 0.1) is 0 Å². The third-order valence-electron chi connectivity index (χ3n) is 3.37. The number of hydrogen-bond acceptors (Lipinski definition) is 10. The quantitative estimate of drug-likeness (QED) is 0.187. The van der Waals surface area contributed by atoms with Crippen molar-refractivity contribution in [2.45, 2.75) is 62.9 Å². The Hall–Kier alpha value is -1.30. The number of rotatable bonds is 10. The Morgan fingerprint density at radius 3 is 2.14 bits per heavy atom. The van der Waals surface area contributed by atoms with E-state index >= 15 is 0 Å². The molecule has 0 aliphatic heterocycles. The molecule has 8 N–H and O–H groups in total. The fraction of sp³-hybridized carbons (Fsp3) is 0.833. The van der Waals surface area contributed by atoms with E-state index in [9.17, 15) is 30.0 Å². The Balaban J connectivity index is 5.07. The second kappa shape index (κ2) is 9.66. The van der Waals surface area contributed by atoms with Gasteiger partial charge in [-0.15, -0.1) is 0 Å². The van der Waals surface area contributed by atoms with Crippen LogP contribution >= 0.6 is 0 Å². The molecule has 0 aromatic rings. The van der Waals surface area contributed by atoms with E-state index in [1.807, 2.05) is 6.92 Å². The summed E-state index contributed by atoms with van der Waals surface area (Å²) in [5, 5.41) is 39.3. The van der Waals surface area contributed by atoms with E-state index in [2.05, 4.69) is 15.6 Å². The zero-order valence-electron chi connectivity index (χ0n) is 12.3. The molecule has 10 heteroatoms. The average molecular weight is 324 g/mol. The zero-order valence-corrected chi connectivity index (χ0v) is 12.3. The molecule has 0 saturated carbocycles. The van der Waals surface area contributed by atoms with Crippen LogP contribution in [0.1, 0.15) is 39.0 Å². The van der Waals surface area contributed by atoms with Crippen molar-refractivity contribution in [3.05, 3.63) is 0 Å². The summed E-state index contributed by atoms with van der Waals surface area (Å²) < 4.78 is 0. The van der Waals surface area contributed by atoms with E-state index in [0.29, 0.717) is 12.8 Å². The van der Waals surface area contributed by atoms with Crippen LogP contribution in [-0.4, -0.2) is 56.3 Å². The summed E-state index contributed by atoms with van der Waals surface area (Å²) in [5.41, 5.74) is -2.59. The van der Waals surface area contributed by atoms with Gasteiger partial charge in [0.05, 0.1) is 0 Å². The molecule has 0 radical (unpaired) electrons. The van der Waals surface area contributed by atoms with Crippen molar-refractivity contribution in [1.82, 2.24) is 0 Å². The first-order valence-electron chi connectivity index (χ1n) is 6.84. The molecule has 0 aliphatic carbocycles. The van der Waals surface area contributed by atoms with Gasteiger partial charge in [-0.1, -0.05) is 26.2 Å². The number of hydrogen-bond donors (Lipinski definition) is 6. The van der Waals surface area contributed by atoms with E-state index < -0.39 is 35.9 Å². The second-order valence-corrected chi connectivity index (χ2v) is 4.96. The van der Waals surface area contributed by atoms with Crippen molar-refractivity contribution < 1.29 is 39.7 Å². The maximum Gasteiger partial charge on any atom is 0.359 e. The van der Waals surface area contributed by atoms with Gasteiger partial charge in [-0.3, -0.25) is 0 Å². The maximum absolute atomic E-state index is 11.6. The Kier molecular flexibility index (Phi) is 9.09. The largest absolute Gasteiger partial charge is 0.387 e. The molecule has 22 heavy (non-hydrogen) atoms. The minimum absolute atomic E-state index is 0.286. The third kappa shape index (κ3) is 5.16. The van der Waals surface area contributed by atoms with Crippen molar-refractivity contribution in [3.8, 4) is 0 Å². The molecule has 4 atom stereocenters. The normalized spacial score (nSPS) is 18.0. The SMILES string of the molecule is CCCCCCC(O)(C(=O)ON)C(O)C(O)C(O)C(=O)ON. The van der Waals surface area contributed by atoms with Crippen molar-refractivity contribution in [2.75, 3.05) is 0 Å². The van der Waals surface area contributed by atoms with Gasteiger partial charge in [0.2, 0.25) is 0 Å². The zero-order chi connectivity index (χ0) is 17.3. The minimum atomic E-state index is -2.59. The van der Waals surface area contributed by atoms with Gasteiger partial charge in [-0.25, -0.2) is 9.59 Å². The Labute approximate surface area is 127 Å². The van der Waals surface area contributed by atoms with Crippen molar-refractivity contribution in [1.29, 1.82) is 0 Å². The summed E-state index contributed by atoms with van der Waals surface area (Å²) in [6, 6.07) is 0. The first-order valence-corrected chi connectivity index (χ1v) is 6.84. The van der Waals surface area contributed by atoms with Gasteiger partial charge in [-0.2, -0.15) is 11.8 Å². The predicted octanol–water partition coefficient (Wildman–Crippen LogP) is -2.40. The summed E-state index contributed by atoms with van der Waals surface area (Å²) in [6.07, 6.45) is -4.32. The lowest BCUT2D eigenvalue weighted by molar-refractivity contribution is -0.201. The lowest BCUT2D eigenvalue weighted by Crippen LogP contribution is -2.59. The van der Waals surface area contributed by atoms with Crippen LogP contribution < -0.4 is 11.8 Å². The Bertz CT molecular complexity index is 367. The van der Waals surface area contributed by atoms with E-state index in [4.69, 9.17) is 5.90 Å². The highest BCUT2D eigenvalue weighted by Crippen LogP contribution is 2.25. The molecule has 0 heterocycles. The van der Waals surface area contributed by atoms with Gasteiger partial charge < -0.3 is 30.1 Å². The highest BCUT2D eigenvalue weighted by Gasteiger charge is 2.50. The number of nitrogens with two attached hydrogens (primary N) is 2. The third-order valence-corrected chi connectivity index (χ3v) is 3.37. The summed E-state index contributed by atoms with van der Waals surface area (Å²) in [4.78, 5) is 30.3. The first kappa shape index (κ1) is 20.7. The van der Waals surface area contributed by atoms with Gasteiger partial charge >= 0.3 is 11.9 Å². The van der Waals surface area contributed by atoms with Crippen LogP contribution in [0.25, 0.3) is 0 Å². The molecule has 0 bridgehead atoms. The number of carbonyl (C=O) groups is 2. The van der Waals surface area contributed by atoms with Crippen LogP contribution in [0.3, 0.4) is 0 Å². The van der Waals surface area contributed by atoms with Gasteiger partial charge in [0.1, 0.15) is 12.2 Å². The average Bonchev–Trinajstić information content (AvgIpc) is 2.54. The summed E-state index contributed by atoms with van der Waals surface area (Å²) in [6.45, 7) is 1.95. The van der Waals surface area contributed by atoms with Gasteiger partial charge in [-0.05, 0) is 12.8 Å². The predicted molar refractivity (Wildman–Crippen MR) is 72.3 cm³/mol. The molecular weight excluding hydrogens is 300 g/mol. The number of aliphatic hydroxyl groups is 4. The monoisotopic (exact) mass is 324 g/mol. The number of unbranched alkanes of at least 4 members (excludes halogenated alkanes) is 3. The summed E-state index contributed by atoms with van der Waals surface area (Å²) in [5.74, 6) is 6.41. The number of aliphatic hydroxyl groups excluding tert-OH is 3. The maximum atomic E-state index is 11.6. The van der Waals surface area contributed by atoms with E-state index in [-0.39, 0.29) is 6.42 Å². The second-order valence-electron chi connectivity index (χ2n) is 4.96. The first-order chi connectivity index (χ1) is 10.3. The molecule has 0 aromatic heterocycles. The van der Waals surface area contributed by atoms with Crippen molar-refractivity contribution in [3.63, 3.8) is 0 Å². The summed E-state index contributed by atoms with van der Waals surface area (Å²) >= 11 is 0.